The fourth-order valence-electron chi connectivity index (χ4n) is 21.0. The summed E-state index contributed by atoms with van der Waals surface area (Å²) in [6.45, 7) is 0. The number of fused-ring (bicyclic) bond motifs is 21. The Kier molecular flexibility index (Phi) is 19.9. The van der Waals surface area contributed by atoms with Crippen LogP contribution in [0.3, 0.4) is 0 Å². The van der Waals surface area contributed by atoms with E-state index < -0.39 is 0 Å². The largest absolute Gasteiger partial charge is 0.309 e. The Morgan fingerprint density at radius 2 is 0.465 bits per heavy atom. The van der Waals surface area contributed by atoms with E-state index in [0.717, 1.165) is 139 Å². The monoisotopic (exact) mass is 1820 g/mol. The predicted octanol–water partition coefficient (Wildman–Crippen LogP) is 31.0. The molecular formula is C127H81N15. The van der Waals surface area contributed by atoms with Gasteiger partial charge in [0.25, 0.3) is 0 Å². The lowest BCUT2D eigenvalue weighted by molar-refractivity contribution is 0.953. The molecule has 19 aromatic carbocycles. The first-order chi connectivity index (χ1) is 70.5. The van der Waals surface area contributed by atoms with Gasteiger partial charge in [-0.3, -0.25) is 13.7 Å². The molecule has 0 radical (unpaired) electrons. The molecule has 0 N–H and O–H groups in total. The van der Waals surface area contributed by atoms with Gasteiger partial charge in [-0.05, 0) is 126 Å². The maximum absolute atomic E-state index is 5.31. The van der Waals surface area contributed by atoms with Crippen molar-refractivity contribution in [3.63, 3.8) is 0 Å². The molecule has 0 fully saturated rings. The molecule has 10 heterocycles. The average molecular weight is 1820 g/mol. The highest BCUT2D eigenvalue weighted by molar-refractivity contribution is 6.28. The van der Waals surface area contributed by atoms with Crippen LogP contribution < -0.4 is 0 Å². The van der Waals surface area contributed by atoms with Crippen LogP contribution >= 0.6 is 0 Å². The van der Waals surface area contributed by atoms with Crippen LogP contribution in [0.25, 0.3) is 256 Å². The van der Waals surface area contributed by atoms with Crippen LogP contribution in [0, 0.1) is 0 Å². The zero-order valence-electron chi connectivity index (χ0n) is 76.5. The molecule has 142 heavy (non-hydrogen) atoms. The van der Waals surface area contributed by atoms with Crippen molar-refractivity contribution < 1.29 is 0 Å². The van der Waals surface area contributed by atoms with E-state index in [-0.39, 0.29) is 0 Å². The van der Waals surface area contributed by atoms with E-state index in [9.17, 15) is 0 Å². The molecule has 29 aromatic rings. The normalized spacial score (nSPS) is 11.7. The third-order valence-electron chi connectivity index (χ3n) is 27.3. The quantitative estimate of drug-likeness (QED) is 0.110. The fourth-order valence-corrected chi connectivity index (χ4v) is 21.0. The number of hydrogen-bond acceptors (Lipinski definition) is 9. The minimum Gasteiger partial charge on any atom is -0.309 e. The molecule has 0 saturated heterocycles. The summed E-state index contributed by atoms with van der Waals surface area (Å²) in [4.78, 5) is 46.1. The summed E-state index contributed by atoms with van der Waals surface area (Å²) in [6, 6.07) is 171. The van der Waals surface area contributed by atoms with Crippen LogP contribution in [0.15, 0.2) is 491 Å². The summed E-state index contributed by atoms with van der Waals surface area (Å²) in [5.41, 5.74) is 26.4. The van der Waals surface area contributed by atoms with Gasteiger partial charge in [0, 0.05) is 115 Å². The Hall–Kier alpha value is -19.5. The van der Waals surface area contributed by atoms with Gasteiger partial charge in [0.05, 0.1) is 77.4 Å². The number of benzene rings is 19. The maximum Gasteiger partial charge on any atom is 0.238 e. The molecule has 15 nitrogen and oxygen atoms in total. The number of hydrogen-bond donors (Lipinski definition) is 0. The Labute approximate surface area is 814 Å². The van der Waals surface area contributed by atoms with Gasteiger partial charge in [0.2, 0.25) is 11.9 Å². The molecule has 10 aromatic heterocycles. The molecule has 0 unspecified atom stereocenters. The molecule has 0 aliphatic carbocycles. The molecule has 0 atom stereocenters. The first-order valence-electron chi connectivity index (χ1n) is 47.7. The van der Waals surface area contributed by atoms with Crippen LogP contribution in [0.2, 0.25) is 0 Å². The molecule has 15 heteroatoms. The second kappa shape index (κ2) is 34.4. The van der Waals surface area contributed by atoms with Gasteiger partial charge >= 0.3 is 0 Å². The zero-order valence-corrected chi connectivity index (χ0v) is 76.5. The first-order valence-corrected chi connectivity index (χ1v) is 47.7. The van der Waals surface area contributed by atoms with Crippen molar-refractivity contribution in [1.82, 2.24) is 72.3 Å². The molecule has 0 spiro atoms. The minimum atomic E-state index is 0.520. The number of nitrogens with zero attached hydrogens (tertiary/aromatic N) is 15. The number of para-hydroxylation sites is 10. The first kappa shape index (κ1) is 82.0. The van der Waals surface area contributed by atoms with Gasteiger partial charge in [-0.2, -0.15) is 9.97 Å². The van der Waals surface area contributed by atoms with Crippen molar-refractivity contribution in [2.24, 2.45) is 0 Å². The van der Waals surface area contributed by atoms with E-state index in [2.05, 4.69) is 410 Å². The summed E-state index contributed by atoms with van der Waals surface area (Å²) in [5, 5.41) is 15.3. The molecule has 0 saturated carbocycles. The van der Waals surface area contributed by atoms with Crippen LogP contribution in [-0.4, -0.2) is 72.3 Å². The number of rotatable bonds is 13. The van der Waals surface area contributed by atoms with E-state index in [1.54, 1.807) is 0 Å². The van der Waals surface area contributed by atoms with Crippen LogP contribution in [-0.2, 0) is 0 Å². The van der Waals surface area contributed by atoms with Crippen LogP contribution in [0.5, 0.6) is 0 Å². The lowest BCUT2D eigenvalue weighted by atomic mass is 10.0. The topological polar surface area (TPSA) is 146 Å². The van der Waals surface area contributed by atoms with E-state index in [1.807, 2.05) is 109 Å². The maximum atomic E-state index is 5.31. The van der Waals surface area contributed by atoms with Gasteiger partial charge in [0.15, 0.2) is 29.1 Å². The minimum absolute atomic E-state index is 0.520. The van der Waals surface area contributed by atoms with E-state index in [1.165, 1.54) is 70.5 Å². The summed E-state index contributed by atoms with van der Waals surface area (Å²) < 4.78 is 13.9. The summed E-state index contributed by atoms with van der Waals surface area (Å²) in [5.74, 6) is 5.02. The highest BCUT2D eigenvalue weighted by atomic mass is 15.2. The van der Waals surface area contributed by atoms with Gasteiger partial charge in [-0.15, -0.1) is 0 Å². The Morgan fingerprint density at radius 3 is 0.937 bits per heavy atom. The Bertz CT molecular complexity index is 9900. The van der Waals surface area contributed by atoms with Gasteiger partial charge in [0.1, 0.15) is 11.5 Å². The van der Waals surface area contributed by atoms with E-state index in [4.69, 9.17) is 44.9 Å². The molecule has 29 rings (SSSR count). The number of aromatic nitrogens is 15. The molecule has 0 aliphatic rings. The summed E-state index contributed by atoms with van der Waals surface area (Å²) in [7, 11) is 0. The smallest absolute Gasteiger partial charge is 0.238 e. The van der Waals surface area contributed by atoms with Gasteiger partial charge in [-0.25, -0.2) is 34.9 Å². The average Bonchev–Trinajstić information content (AvgIpc) is 1.76. The van der Waals surface area contributed by atoms with Gasteiger partial charge in [-0.1, -0.05) is 376 Å². The van der Waals surface area contributed by atoms with Crippen molar-refractivity contribution in [1.29, 1.82) is 0 Å². The van der Waals surface area contributed by atoms with Gasteiger partial charge < -0.3 is 13.7 Å². The van der Waals surface area contributed by atoms with Crippen LogP contribution in [0.1, 0.15) is 0 Å². The van der Waals surface area contributed by atoms with Crippen molar-refractivity contribution >= 4 is 142 Å². The molecule has 664 valence electrons. The van der Waals surface area contributed by atoms with Crippen LogP contribution in [0.4, 0.5) is 0 Å². The van der Waals surface area contributed by atoms with Crippen molar-refractivity contribution in [3.05, 3.63) is 491 Å². The lowest BCUT2D eigenvalue weighted by Gasteiger charge is -2.12. The zero-order chi connectivity index (χ0) is 93.7. The van der Waals surface area contributed by atoms with Crippen molar-refractivity contribution in [2.75, 3.05) is 0 Å². The third-order valence-corrected chi connectivity index (χ3v) is 27.3. The standard InChI is InChI=1S/C45H29N5.C44H28N6.C38H24N4/c1-4-14-30(15-5-1)31-24-26-33(27-25-31)44-46-43(32-16-6-2-7-17-32)47-45(48-44)50-40-23-13-11-21-36(40)38-28-37-35-20-10-12-22-39(35)49(41(37)29-42(38)50)34-18-8-3-9-19-34;1-4-15-29(16-5-1)42-46-43(30-17-6-2-7-18-30)48-44(47-42)35-23-14-26-39(45-35)50-36-24-12-10-21-32(36)33-27-28-38-40(41(33)50)34-22-11-13-25-37(34)49(38)31-19-8-3-9-20-31;1-3-13-25(14-4-1)36-29-18-7-10-20-31(29)39-38(40-36)42-32-21-11-8-17-27(32)28-23-24-34-35(37(28)42)30-19-9-12-22-33(30)41(34)26-15-5-2-6-16-26/h1-29H;1-28H;1-24H. The van der Waals surface area contributed by atoms with E-state index in [0.29, 0.717) is 46.7 Å². The fraction of sp³-hybridized carbons (Fsp3) is 0. The highest BCUT2D eigenvalue weighted by Gasteiger charge is 2.28. The predicted molar refractivity (Wildman–Crippen MR) is 581 cm³/mol. The molecular weight excluding hydrogens is 1740 g/mol. The third kappa shape index (κ3) is 13.9. The lowest BCUT2D eigenvalue weighted by Crippen LogP contribution is -2.06. The highest BCUT2D eigenvalue weighted by Crippen LogP contribution is 2.47. The number of pyridine rings is 1. The Balaban J connectivity index is 0.000000107. The molecule has 0 aliphatic heterocycles. The second-order valence-corrected chi connectivity index (χ2v) is 35.5. The van der Waals surface area contributed by atoms with Crippen molar-refractivity contribution in [2.45, 2.75) is 0 Å². The van der Waals surface area contributed by atoms with E-state index >= 15 is 0 Å². The Morgan fingerprint density at radius 1 is 0.148 bits per heavy atom. The summed E-state index contributed by atoms with van der Waals surface area (Å²) in [6.07, 6.45) is 0. The van der Waals surface area contributed by atoms with Crippen molar-refractivity contribution in [3.8, 4) is 114 Å². The second-order valence-electron chi connectivity index (χ2n) is 35.5. The summed E-state index contributed by atoms with van der Waals surface area (Å²) >= 11 is 0. The molecule has 0 amide bonds. The SMILES string of the molecule is c1ccc(-c2ccc(-c3nc(-c4ccccc4)nc(-n4c5ccccc5c5cc6c7ccccc7n(-c7ccccc7)c6cc54)n3)cc2)cc1.c1ccc(-c2nc(-c3ccccc3)nc(-c3cccc(-n4c5ccccc5c5ccc6c(c7ccccc7n6-c6ccccc6)c54)n3)n2)cc1.c1ccc(-c2nc(-n3c4ccccc4c4ccc5c(c6ccccc6n5-c5ccccc5)c43)nc3ccccc23)cc1. The molecule has 0 bridgehead atoms.